The van der Waals surface area contributed by atoms with E-state index in [0.717, 1.165) is 18.4 Å². The Bertz CT molecular complexity index is 1420. The van der Waals surface area contributed by atoms with Crippen molar-refractivity contribution in [3.05, 3.63) is 50.7 Å². The molecule has 2 N–H and O–H groups in total. The lowest BCUT2D eigenvalue weighted by molar-refractivity contribution is -0.384. The first-order chi connectivity index (χ1) is 18.6. The lowest BCUT2D eigenvalue weighted by Gasteiger charge is -2.45. The minimum atomic E-state index is -0.598. The Kier molecular flexibility index (Phi) is 8.11. The van der Waals surface area contributed by atoms with Gasteiger partial charge in [0.2, 0.25) is 11.9 Å². The van der Waals surface area contributed by atoms with E-state index in [0.29, 0.717) is 34.7 Å². The molecule has 3 heterocycles. The molecule has 0 radical (unpaired) electrons. The first-order valence-corrected chi connectivity index (χ1v) is 13.7. The number of non-ortho nitro benzene ring substituents is 1. The van der Waals surface area contributed by atoms with Crippen molar-refractivity contribution in [2.24, 2.45) is 0 Å². The molecule has 0 bridgehead atoms. The first-order valence-electron chi connectivity index (χ1n) is 13.3. The zero-order valence-corrected chi connectivity index (χ0v) is 24.7. The number of carbonyl (C=O) groups is 1. The molecule has 0 spiro atoms. The molecule has 3 aromatic rings. The van der Waals surface area contributed by atoms with Crippen LogP contribution in [-0.4, -0.2) is 59.2 Å². The summed E-state index contributed by atoms with van der Waals surface area (Å²) in [6, 6.07) is 4.20. The maximum Gasteiger partial charge on any atom is 0.410 e. The van der Waals surface area contributed by atoms with E-state index in [9.17, 15) is 14.9 Å². The summed E-state index contributed by atoms with van der Waals surface area (Å²) in [6.45, 7) is 14.4. The number of benzene rings is 1. The number of nitrogens with zero attached hydrogens (tertiary/aromatic N) is 6. The quantitative estimate of drug-likeness (QED) is 0.257. The average molecular weight is 573 g/mol. The molecule has 12 nitrogen and oxygen atoms in total. The number of anilines is 2. The summed E-state index contributed by atoms with van der Waals surface area (Å²) in [4.78, 5) is 35.0. The Labute approximate surface area is 238 Å². The third-order valence-electron chi connectivity index (χ3n) is 6.88. The molecule has 1 unspecified atom stereocenters. The molecular weight excluding hydrogens is 536 g/mol. The van der Waals surface area contributed by atoms with Crippen molar-refractivity contribution in [3.8, 4) is 0 Å². The SMILES string of the molecule is CC(C)c1cnn2c(NCc3cc([N+](=O)[O-])ccc3Cl)nc(NC3CCC(C)(C)N(C(=O)OC(C)(C)C)C3)nc12. The van der Waals surface area contributed by atoms with Gasteiger partial charge in [0, 0.05) is 47.4 Å². The topological polar surface area (TPSA) is 140 Å². The molecule has 1 aliphatic rings. The lowest BCUT2D eigenvalue weighted by atomic mass is 9.88. The van der Waals surface area contributed by atoms with Crippen LogP contribution >= 0.6 is 11.6 Å². The summed E-state index contributed by atoms with van der Waals surface area (Å²) < 4.78 is 7.29. The van der Waals surface area contributed by atoms with Crippen molar-refractivity contribution in [2.45, 2.75) is 91.0 Å². The van der Waals surface area contributed by atoms with Gasteiger partial charge in [-0.15, -0.1) is 0 Å². The Morgan fingerprint density at radius 2 is 2.02 bits per heavy atom. The van der Waals surface area contributed by atoms with Crippen molar-refractivity contribution in [1.29, 1.82) is 0 Å². The van der Waals surface area contributed by atoms with Crippen molar-refractivity contribution in [3.63, 3.8) is 0 Å². The van der Waals surface area contributed by atoms with E-state index in [1.165, 1.54) is 18.2 Å². The normalized spacial score (nSPS) is 17.2. The largest absolute Gasteiger partial charge is 0.444 e. The highest BCUT2D eigenvalue weighted by Gasteiger charge is 2.39. The van der Waals surface area contributed by atoms with Gasteiger partial charge in [-0.3, -0.25) is 10.1 Å². The first kappa shape index (κ1) is 29.3. The number of nitrogens with one attached hydrogen (secondary N) is 2. The summed E-state index contributed by atoms with van der Waals surface area (Å²) in [5, 5.41) is 22.8. The molecule has 2 aromatic heterocycles. The van der Waals surface area contributed by atoms with Crippen molar-refractivity contribution in [2.75, 3.05) is 17.2 Å². The zero-order valence-electron chi connectivity index (χ0n) is 24.0. The van der Waals surface area contributed by atoms with Gasteiger partial charge in [-0.05, 0) is 65.0 Å². The maximum atomic E-state index is 13.0. The van der Waals surface area contributed by atoms with Gasteiger partial charge in [0.25, 0.3) is 5.69 Å². The number of aromatic nitrogens is 4. The number of halogens is 1. The van der Waals surface area contributed by atoms with E-state index in [1.807, 2.05) is 34.6 Å². The van der Waals surface area contributed by atoms with E-state index >= 15 is 0 Å². The van der Waals surface area contributed by atoms with Gasteiger partial charge in [0.1, 0.15) is 5.60 Å². The lowest BCUT2D eigenvalue weighted by Crippen LogP contribution is -2.57. The molecule has 1 saturated heterocycles. The van der Waals surface area contributed by atoms with E-state index in [1.54, 1.807) is 15.6 Å². The van der Waals surface area contributed by atoms with Gasteiger partial charge in [-0.1, -0.05) is 25.4 Å². The number of ether oxygens (including phenoxy) is 1. The highest BCUT2D eigenvalue weighted by molar-refractivity contribution is 6.31. The van der Waals surface area contributed by atoms with Crippen LogP contribution in [0.1, 0.15) is 78.4 Å². The Balaban J connectivity index is 1.62. The van der Waals surface area contributed by atoms with E-state index < -0.39 is 10.5 Å². The number of piperidine rings is 1. The second kappa shape index (κ2) is 11.1. The number of carbonyl (C=O) groups excluding carboxylic acids is 1. The number of nitro benzene ring substituents is 1. The van der Waals surface area contributed by atoms with E-state index in [4.69, 9.17) is 26.3 Å². The van der Waals surface area contributed by atoms with Crippen molar-refractivity contribution in [1.82, 2.24) is 24.5 Å². The van der Waals surface area contributed by atoms with Crippen molar-refractivity contribution >= 4 is 40.9 Å². The second-order valence-electron chi connectivity index (χ2n) is 12.0. The van der Waals surface area contributed by atoms with Crippen LogP contribution in [0.2, 0.25) is 5.02 Å². The molecule has 1 fully saturated rings. The van der Waals surface area contributed by atoms with Gasteiger partial charge in [-0.25, -0.2) is 4.79 Å². The minimum Gasteiger partial charge on any atom is -0.444 e. The van der Waals surface area contributed by atoms with Gasteiger partial charge in [0.05, 0.1) is 11.1 Å². The minimum absolute atomic E-state index is 0.0488. The molecule has 1 aliphatic heterocycles. The number of nitro groups is 1. The maximum absolute atomic E-state index is 13.0. The smallest absolute Gasteiger partial charge is 0.410 e. The summed E-state index contributed by atoms with van der Waals surface area (Å²) >= 11 is 6.32. The van der Waals surface area contributed by atoms with Gasteiger partial charge in [0.15, 0.2) is 5.65 Å². The molecule has 0 aliphatic carbocycles. The number of rotatable bonds is 7. The monoisotopic (exact) mass is 572 g/mol. The Morgan fingerprint density at radius 3 is 2.67 bits per heavy atom. The molecule has 1 aromatic carbocycles. The van der Waals surface area contributed by atoms with Gasteiger partial charge < -0.3 is 20.3 Å². The van der Waals surface area contributed by atoms with Crippen LogP contribution in [-0.2, 0) is 11.3 Å². The highest BCUT2D eigenvalue weighted by Crippen LogP contribution is 2.31. The van der Waals surface area contributed by atoms with E-state index in [-0.39, 0.29) is 35.8 Å². The molecule has 1 atom stereocenters. The van der Waals surface area contributed by atoms with Gasteiger partial charge in [-0.2, -0.15) is 19.6 Å². The molecule has 216 valence electrons. The average Bonchev–Trinajstić information content (AvgIpc) is 3.27. The summed E-state index contributed by atoms with van der Waals surface area (Å²) in [5.41, 5.74) is 1.14. The summed E-state index contributed by atoms with van der Waals surface area (Å²) in [6.07, 6.45) is 2.99. The number of likely N-dealkylation sites (tertiary alicyclic amines) is 1. The predicted octanol–water partition coefficient (Wildman–Crippen LogP) is 6.01. The predicted molar refractivity (Wildman–Crippen MR) is 154 cm³/mol. The fourth-order valence-corrected chi connectivity index (χ4v) is 4.81. The van der Waals surface area contributed by atoms with Crippen LogP contribution in [0.15, 0.2) is 24.4 Å². The summed E-state index contributed by atoms with van der Waals surface area (Å²) in [5.74, 6) is 0.955. The van der Waals surface area contributed by atoms with Crippen LogP contribution in [0.4, 0.5) is 22.4 Å². The highest BCUT2D eigenvalue weighted by atomic mass is 35.5. The fraction of sp³-hybridized carbons (Fsp3) is 0.556. The fourth-order valence-electron chi connectivity index (χ4n) is 4.63. The second-order valence-corrected chi connectivity index (χ2v) is 12.4. The molecule has 1 amide bonds. The molecule has 13 heteroatoms. The molecule has 0 saturated carbocycles. The van der Waals surface area contributed by atoms with Crippen LogP contribution in [0.25, 0.3) is 5.65 Å². The van der Waals surface area contributed by atoms with Crippen LogP contribution < -0.4 is 10.6 Å². The third-order valence-corrected chi connectivity index (χ3v) is 7.25. The van der Waals surface area contributed by atoms with E-state index in [2.05, 4.69) is 29.6 Å². The van der Waals surface area contributed by atoms with Crippen LogP contribution in [0.3, 0.4) is 0 Å². The standard InChI is InChI=1S/C27H37ClN8O4/c1-16(2)20-14-30-35-22(20)32-23(33-24(35)29-13-17-12-19(36(38)39)8-9-21(17)28)31-18-10-11-27(6,7)34(15-18)25(37)40-26(3,4)5/h8-9,12,14,16,18H,10-11,13,15H2,1-7H3,(H2,29,31,32,33). The van der Waals surface area contributed by atoms with Crippen LogP contribution in [0.5, 0.6) is 0 Å². The Hall–Kier alpha value is -3.67. The number of hydrogen-bond acceptors (Lipinski definition) is 9. The number of amides is 1. The van der Waals surface area contributed by atoms with Crippen LogP contribution in [0, 0.1) is 10.1 Å². The zero-order chi connectivity index (χ0) is 29.4. The van der Waals surface area contributed by atoms with Gasteiger partial charge >= 0.3 is 6.09 Å². The number of hydrogen-bond donors (Lipinski definition) is 2. The molecular formula is C27H37ClN8O4. The third kappa shape index (κ3) is 6.55. The molecule has 40 heavy (non-hydrogen) atoms. The molecule has 4 rings (SSSR count). The number of fused-ring (bicyclic) bond motifs is 1. The Morgan fingerprint density at radius 1 is 1.30 bits per heavy atom. The van der Waals surface area contributed by atoms with Crippen molar-refractivity contribution < 1.29 is 14.5 Å². The summed E-state index contributed by atoms with van der Waals surface area (Å²) in [7, 11) is 0.